The molecule has 1 aromatic carbocycles. The molecule has 0 bridgehead atoms. The number of rotatable bonds is 4. The monoisotopic (exact) mass is 373 g/mol. The average molecular weight is 373 g/mol. The van der Waals surface area contributed by atoms with E-state index in [0.717, 1.165) is 12.8 Å². The molecule has 0 spiro atoms. The van der Waals surface area contributed by atoms with Crippen LogP contribution in [0.3, 0.4) is 0 Å². The van der Waals surface area contributed by atoms with Gasteiger partial charge in [-0.25, -0.2) is 4.79 Å². The minimum Gasteiger partial charge on any atom is -0.389 e. The third kappa shape index (κ3) is 4.61. The van der Waals surface area contributed by atoms with E-state index in [1.807, 2.05) is 23.1 Å². The zero-order valence-corrected chi connectivity index (χ0v) is 16.4. The van der Waals surface area contributed by atoms with Crippen molar-refractivity contribution in [2.45, 2.75) is 37.7 Å². The van der Waals surface area contributed by atoms with Crippen LogP contribution in [0.2, 0.25) is 0 Å². The Morgan fingerprint density at radius 3 is 2.41 bits per heavy atom. The first-order chi connectivity index (χ1) is 12.9. The van der Waals surface area contributed by atoms with Crippen LogP contribution in [0, 0.1) is 5.92 Å². The summed E-state index contributed by atoms with van der Waals surface area (Å²) >= 11 is 0. The highest BCUT2D eigenvalue weighted by Gasteiger charge is 2.46. The van der Waals surface area contributed by atoms with Crippen LogP contribution in [0.25, 0.3) is 0 Å². The van der Waals surface area contributed by atoms with Gasteiger partial charge >= 0.3 is 6.03 Å². The van der Waals surface area contributed by atoms with E-state index < -0.39 is 5.60 Å². The number of urea groups is 1. The molecule has 1 aromatic rings. The molecule has 3 amide bonds. The van der Waals surface area contributed by atoms with E-state index in [0.29, 0.717) is 45.4 Å². The quantitative estimate of drug-likeness (QED) is 0.878. The summed E-state index contributed by atoms with van der Waals surface area (Å²) in [5.41, 5.74) is 0.507. The van der Waals surface area contributed by atoms with Crippen molar-refractivity contribution in [1.82, 2.24) is 14.7 Å². The van der Waals surface area contributed by atoms with Gasteiger partial charge in [-0.1, -0.05) is 30.3 Å². The second-order valence-electron chi connectivity index (χ2n) is 8.10. The number of aryl methyl sites for hydroxylation is 1. The van der Waals surface area contributed by atoms with E-state index in [4.69, 9.17) is 0 Å². The predicted molar refractivity (Wildman–Crippen MR) is 104 cm³/mol. The SMILES string of the molecule is CN(C)C(=O)N1CC[C@]2(O)CCN(C(=O)CCCc3ccccc3)C[C@@H]2C1. The third-order valence-electron chi connectivity index (χ3n) is 5.98. The molecule has 148 valence electrons. The van der Waals surface area contributed by atoms with Crippen molar-refractivity contribution < 1.29 is 14.7 Å². The van der Waals surface area contributed by atoms with Crippen LogP contribution in [0.4, 0.5) is 4.79 Å². The fourth-order valence-corrected chi connectivity index (χ4v) is 4.23. The lowest BCUT2D eigenvalue weighted by Gasteiger charge is -2.50. The predicted octanol–water partition coefficient (Wildman–Crippen LogP) is 1.98. The number of nitrogens with zero attached hydrogens (tertiary/aromatic N) is 3. The molecule has 0 aromatic heterocycles. The standard InChI is InChI=1S/C21H31N3O3/c1-22(2)20(26)24-14-12-21(27)11-13-23(15-18(21)16-24)19(25)10-6-9-17-7-4-3-5-8-17/h3-5,7-8,18,27H,6,9-16H2,1-2H3/t18-,21-/m1/s1. The summed E-state index contributed by atoms with van der Waals surface area (Å²) in [5.74, 6) is 0.0889. The Morgan fingerprint density at radius 1 is 1.11 bits per heavy atom. The van der Waals surface area contributed by atoms with Gasteiger partial charge in [-0.15, -0.1) is 0 Å². The molecule has 2 aliphatic rings. The fourth-order valence-electron chi connectivity index (χ4n) is 4.23. The molecule has 2 fully saturated rings. The van der Waals surface area contributed by atoms with E-state index in [9.17, 15) is 14.7 Å². The molecule has 2 saturated heterocycles. The third-order valence-corrected chi connectivity index (χ3v) is 5.98. The molecule has 6 nitrogen and oxygen atoms in total. The smallest absolute Gasteiger partial charge is 0.319 e. The average Bonchev–Trinajstić information content (AvgIpc) is 2.67. The van der Waals surface area contributed by atoms with E-state index in [1.165, 1.54) is 5.56 Å². The van der Waals surface area contributed by atoms with Crippen molar-refractivity contribution in [3.63, 3.8) is 0 Å². The summed E-state index contributed by atoms with van der Waals surface area (Å²) in [6.45, 7) is 2.24. The molecule has 2 aliphatic heterocycles. The van der Waals surface area contributed by atoms with Crippen LogP contribution in [-0.4, -0.2) is 77.6 Å². The van der Waals surface area contributed by atoms with Crippen molar-refractivity contribution in [1.29, 1.82) is 0 Å². The van der Waals surface area contributed by atoms with Gasteiger partial charge in [-0.3, -0.25) is 4.79 Å². The number of hydrogen-bond donors (Lipinski definition) is 1. The minimum atomic E-state index is -0.746. The molecule has 6 heteroatoms. The first-order valence-corrected chi connectivity index (χ1v) is 9.89. The van der Waals surface area contributed by atoms with Gasteiger partial charge < -0.3 is 19.8 Å². The van der Waals surface area contributed by atoms with Crippen LogP contribution in [0.1, 0.15) is 31.2 Å². The van der Waals surface area contributed by atoms with E-state index in [2.05, 4.69) is 12.1 Å². The summed E-state index contributed by atoms with van der Waals surface area (Å²) in [7, 11) is 3.49. The molecule has 0 saturated carbocycles. The number of amides is 3. The summed E-state index contributed by atoms with van der Waals surface area (Å²) in [5, 5.41) is 11.0. The van der Waals surface area contributed by atoms with Gasteiger partial charge in [0.25, 0.3) is 0 Å². The maximum absolute atomic E-state index is 12.6. The second kappa shape index (κ2) is 8.30. The zero-order chi connectivity index (χ0) is 19.4. The molecule has 2 atom stereocenters. The molecular weight excluding hydrogens is 342 g/mol. The van der Waals surface area contributed by atoms with Crippen LogP contribution in [0.5, 0.6) is 0 Å². The van der Waals surface area contributed by atoms with Crippen molar-refractivity contribution in [3.8, 4) is 0 Å². The molecule has 27 heavy (non-hydrogen) atoms. The molecule has 0 unspecified atom stereocenters. The number of piperidine rings is 2. The number of carbonyl (C=O) groups is 2. The molecular formula is C21H31N3O3. The Bertz CT molecular complexity index is 664. The van der Waals surface area contributed by atoms with Crippen molar-refractivity contribution >= 4 is 11.9 Å². The first kappa shape index (κ1) is 19.7. The highest BCUT2D eigenvalue weighted by atomic mass is 16.3. The Balaban J connectivity index is 1.53. The number of aliphatic hydroxyl groups is 1. The lowest BCUT2D eigenvalue weighted by molar-refractivity contribution is -0.145. The van der Waals surface area contributed by atoms with E-state index >= 15 is 0 Å². The van der Waals surface area contributed by atoms with Crippen molar-refractivity contribution in [2.75, 3.05) is 40.3 Å². The number of hydrogen-bond acceptors (Lipinski definition) is 3. The second-order valence-corrected chi connectivity index (χ2v) is 8.10. The number of fused-ring (bicyclic) bond motifs is 1. The lowest BCUT2D eigenvalue weighted by Crippen LogP contribution is -2.62. The van der Waals surface area contributed by atoms with Crippen LogP contribution < -0.4 is 0 Å². The molecule has 2 heterocycles. The van der Waals surface area contributed by atoms with Gasteiger partial charge in [0.15, 0.2) is 0 Å². The summed E-state index contributed by atoms with van der Waals surface area (Å²) < 4.78 is 0. The number of benzene rings is 1. The summed E-state index contributed by atoms with van der Waals surface area (Å²) in [4.78, 5) is 30.2. The largest absolute Gasteiger partial charge is 0.389 e. The van der Waals surface area contributed by atoms with Crippen LogP contribution in [-0.2, 0) is 11.2 Å². The van der Waals surface area contributed by atoms with Crippen LogP contribution in [0.15, 0.2) is 30.3 Å². The van der Waals surface area contributed by atoms with Gasteiger partial charge in [0.2, 0.25) is 5.91 Å². The number of likely N-dealkylation sites (tertiary alicyclic amines) is 2. The lowest BCUT2D eigenvalue weighted by atomic mass is 9.75. The maximum atomic E-state index is 12.6. The van der Waals surface area contributed by atoms with Gasteiger partial charge in [0, 0.05) is 52.6 Å². The van der Waals surface area contributed by atoms with Gasteiger partial charge in [-0.05, 0) is 31.2 Å². The van der Waals surface area contributed by atoms with Crippen molar-refractivity contribution in [3.05, 3.63) is 35.9 Å². The summed E-state index contributed by atoms with van der Waals surface area (Å²) in [6, 6.07) is 10.2. The van der Waals surface area contributed by atoms with Gasteiger partial charge in [0.1, 0.15) is 0 Å². The molecule has 0 radical (unpaired) electrons. The summed E-state index contributed by atoms with van der Waals surface area (Å²) in [6.07, 6.45) is 3.46. The molecule has 0 aliphatic carbocycles. The molecule has 1 N–H and O–H groups in total. The highest BCUT2D eigenvalue weighted by molar-refractivity contribution is 5.76. The van der Waals surface area contributed by atoms with Gasteiger partial charge in [0.05, 0.1) is 5.60 Å². The first-order valence-electron chi connectivity index (χ1n) is 9.89. The van der Waals surface area contributed by atoms with Crippen LogP contribution >= 0.6 is 0 Å². The van der Waals surface area contributed by atoms with Gasteiger partial charge in [-0.2, -0.15) is 0 Å². The van der Waals surface area contributed by atoms with E-state index in [1.54, 1.807) is 23.9 Å². The Morgan fingerprint density at radius 2 is 1.74 bits per heavy atom. The van der Waals surface area contributed by atoms with Crippen molar-refractivity contribution in [2.24, 2.45) is 5.92 Å². The highest BCUT2D eigenvalue weighted by Crippen LogP contribution is 2.36. The Kier molecular flexibility index (Phi) is 6.05. The minimum absolute atomic E-state index is 0.0247. The zero-order valence-electron chi connectivity index (χ0n) is 16.4. The Hall–Kier alpha value is -2.08. The normalized spacial score (nSPS) is 25.1. The van der Waals surface area contributed by atoms with E-state index in [-0.39, 0.29) is 17.9 Å². The molecule has 3 rings (SSSR count). The topological polar surface area (TPSA) is 64.1 Å². The number of carbonyl (C=O) groups excluding carboxylic acids is 2. The maximum Gasteiger partial charge on any atom is 0.319 e. The Labute approximate surface area is 161 Å². The fraction of sp³-hybridized carbons (Fsp3) is 0.619.